The van der Waals surface area contributed by atoms with Crippen LogP contribution in [0.2, 0.25) is 0 Å². The summed E-state index contributed by atoms with van der Waals surface area (Å²) in [5.74, 6) is 0. The van der Waals surface area contributed by atoms with Crippen LogP contribution in [-0.4, -0.2) is 49.1 Å². The second-order valence-electron chi connectivity index (χ2n) is 6.09. The second-order valence-corrected chi connectivity index (χ2v) is 6.09. The molecule has 1 aliphatic rings. The second kappa shape index (κ2) is 7.77. The van der Waals surface area contributed by atoms with Crippen molar-refractivity contribution in [1.82, 2.24) is 9.80 Å². The molecule has 1 saturated heterocycles. The van der Waals surface area contributed by atoms with Crippen molar-refractivity contribution >= 4 is 0 Å². The number of rotatable bonds is 6. The molecule has 2 N–H and O–H groups in total. The van der Waals surface area contributed by atoms with Gasteiger partial charge >= 0.3 is 0 Å². The van der Waals surface area contributed by atoms with Crippen LogP contribution in [0, 0.1) is 0 Å². The van der Waals surface area contributed by atoms with Gasteiger partial charge in [0, 0.05) is 38.3 Å². The Balaban J connectivity index is 2.01. The first-order valence-electron chi connectivity index (χ1n) is 7.93. The summed E-state index contributed by atoms with van der Waals surface area (Å²) >= 11 is 0. The highest BCUT2D eigenvalue weighted by Gasteiger charge is 2.27. The van der Waals surface area contributed by atoms with Crippen molar-refractivity contribution in [3.8, 4) is 0 Å². The third-order valence-corrected chi connectivity index (χ3v) is 4.28. The fraction of sp³-hybridized carbons (Fsp3) is 0.647. The molecule has 3 nitrogen and oxygen atoms in total. The molecular weight excluding hydrogens is 246 g/mol. The number of hydrogen-bond acceptors (Lipinski definition) is 3. The van der Waals surface area contributed by atoms with Crippen LogP contribution in [0.15, 0.2) is 30.3 Å². The van der Waals surface area contributed by atoms with Crippen LogP contribution in [0.5, 0.6) is 0 Å². The highest BCUT2D eigenvalue weighted by molar-refractivity contribution is 5.20. The van der Waals surface area contributed by atoms with Crippen LogP contribution >= 0.6 is 0 Å². The minimum Gasteiger partial charge on any atom is -0.327 e. The highest BCUT2D eigenvalue weighted by Crippen LogP contribution is 2.25. The average molecular weight is 275 g/mol. The van der Waals surface area contributed by atoms with Crippen molar-refractivity contribution in [3.05, 3.63) is 35.9 Å². The molecule has 0 saturated carbocycles. The van der Waals surface area contributed by atoms with Crippen LogP contribution in [0.3, 0.4) is 0 Å². The van der Waals surface area contributed by atoms with E-state index in [2.05, 4.69) is 54.1 Å². The maximum atomic E-state index is 6.31. The average Bonchev–Trinajstić information content (AvgIpc) is 2.48. The number of unbranched alkanes of at least 4 members (excludes halogenated alkanes) is 1. The number of hydrogen-bond donors (Lipinski definition) is 1. The zero-order valence-electron chi connectivity index (χ0n) is 13.0. The Bertz CT molecular complexity index is 379. The quantitative estimate of drug-likeness (QED) is 0.866. The summed E-state index contributed by atoms with van der Waals surface area (Å²) in [6, 6.07) is 11.7. The van der Waals surface area contributed by atoms with Crippen molar-refractivity contribution in [2.24, 2.45) is 5.73 Å². The number of nitrogens with zero attached hydrogens (tertiary/aromatic N) is 2. The molecule has 1 fully saturated rings. The van der Waals surface area contributed by atoms with Gasteiger partial charge in [0.1, 0.15) is 0 Å². The van der Waals surface area contributed by atoms with E-state index in [1.54, 1.807) is 0 Å². The number of likely N-dealkylation sites (N-methyl/N-ethyl adjacent to an activating group) is 1. The summed E-state index contributed by atoms with van der Waals surface area (Å²) in [5, 5.41) is 0. The molecule has 3 heteroatoms. The van der Waals surface area contributed by atoms with Gasteiger partial charge in [-0.2, -0.15) is 0 Å². The van der Waals surface area contributed by atoms with E-state index in [1.165, 1.54) is 18.4 Å². The van der Waals surface area contributed by atoms with Crippen molar-refractivity contribution in [2.45, 2.75) is 38.3 Å². The lowest BCUT2D eigenvalue weighted by atomic mass is 10.0. The lowest BCUT2D eigenvalue weighted by molar-refractivity contribution is 0.0833. The Kier molecular flexibility index (Phi) is 6.02. The molecule has 2 atom stereocenters. The zero-order chi connectivity index (χ0) is 14.4. The maximum Gasteiger partial charge on any atom is 0.0476 e. The van der Waals surface area contributed by atoms with E-state index in [0.717, 1.165) is 32.6 Å². The fourth-order valence-corrected chi connectivity index (χ4v) is 3.03. The normalized spacial score (nSPS) is 22.9. The van der Waals surface area contributed by atoms with E-state index in [9.17, 15) is 0 Å². The van der Waals surface area contributed by atoms with Gasteiger partial charge in [0.2, 0.25) is 0 Å². The summed E-state index contributed by atoms with van der Waals surface area (Å²) in [4.78, 5) is 5.00. The Morgan fingerprint density at radius 3 is 2.70 bits per heavy atom. The minimum atomic E-state index is 0.310. The van der Waals surface area contributed by atoms with Gasteiger partial charge in [-0.15, -0.1) is 0 Å². The molecule has 0 spiro atoms. The van der Waals surface area contributed by atoms with E-state index >= 15 is 0 Å². The third-order valence-electron chi connectivity index (χ3n) is 4.28. The molecule has 2 unspecified atom stereocenters. The summed E-state index contributed by atoms with van der Waals surface area (Å²) in [6.45, 7) is 6.62. The summed E-state index contributed by atoms with van der Waals surface area (Å²) in [5.41, 5.74) is 7.73. The highest BCUT2D eigenvalue weighted by atomic mass is 15.3. The third kappa shape index (κ3) is 4.30. The van der Waals surface area contributed by atoms with E-state index in [1.807, 2.05) is 0 Å². The molecule has 1 heterocycles. The van der Waals surface area contributed by atoms with E-state index < -0.39 is 0 Å². The minimum absolute atomic E-state index is 0.310. The molecule has 0 radical (unpaired) electrons. The van der Waals surface area contributed by atoms with Crippen LogP contribution in [0.1, 0.15) is 37.8 Å². The van der Waals surface area contributed by atoms with E-state index in [4.69, 9.17) is 5.73 Å². The molecule has 0 bridgehead atoms. The van der Waals surface area contributed by atoms with Crippen molar-refractivity contribution < 1.29 is 0 Å². The molecule has 1 aromatic rings. The van der Waals surface area contributed by atoms with Gasteiger partial charge < -0.3 is 10.6 Å². The number of piperazine rings is 1. The molecule has 1 aromatic carbocycles. The molecule has 20 heavy (non-hydrogen) atoms. The van der Waals surface area contributed by atoms with Crippen molar-refractivity contribution in [1.29, 1.82) is 0 Å². The summed E-state index contributed by atoms with van der Waals surface area (Å²) < 4.78 is 0. The first-order chi connectivity index (χ1) is 9.70. The van der Waals surface area contributed by atoms with Crippen molar-refractivity contribution in [2.75, 3.05) is 33.2 Å². The van der Waals surface area contributed by atoms with E-state index in [0.29, 0.717) is 12.1 Å². The molecule has 1 aliphatic heterocycles. The first-order valence-corrected chi connectivity index (χ1v) is 7.93. The number of nitrogens with two attached hydrogens (primary N) is 1. The van der Waals surface area contributed by atoms with Gasteiger partial charge in [0.05, 0.1) is 0 Å². The molecule has 0 amide bonds. The molecule has 2 rings (SSSR count). The summed E-state index contributed by atoms with van der Waals surface area (Å²) in [7, 11) is 2.21. The zero-order valence-corrected chi connectivity index (χ0v) is 13.0. The van der Waals surface area contributed by atoms with Gasteiger partial charge in [-0.1, -0.05) is 50.1 Å². The van der Waals surface area contributed by atoms with Crippen molar-refractivity contribution in [3.63, 3.8) is 0 Å². The predicted molar refractivity (Wildman–Crippen MR) is 85.8 cm³/mol. The van der Waals surface area contributed by atoms with Gasteiger partial charge in [-0.05, 0) is 19.0 Å². The van der Waals surface area contributed by atoms with Crippen LogP contribution in [-0.2, 0) is 0 Å². The smallest absolute Gasteiger partial charge is 0.0476 e. The number of benzene rings is 1. The standard InChI is InChI=1S/C17H29N3/c1-3-4-10-16(18)13-20-12-11-19(2)14-17(20)15-8-6-5-7-9-15/h5-9,16-17H,3-4,10-14,18H2,1-2H3. The van der Waals surface area contributed by atoms with Crippen LogP contribution in [0.4, 0.5) is 0 Å². The largest absolute Gasteiger partial charge is 0.327 e. The molecule has 112 valence electrons. The topological polar surface area (TPSA) is 32.5 Å². The van der Waals surface area contributed by atoms with Gasteiger partial charge in [-0.25, -0.2) is 0 Å². The van der Waals surface area contributed by atoms with Gasteiger partial charge in [-0.3, -0.25) is 4.90 Å². The Morgan fingerprint density at radius 2 is 2.00 bits per heavy atom. The monoisotopic (exact) mass is 275 g/mol. The molecule has 0 aliphatic carbocycles. The Hall–Kier alpha value is -0.900. The lowest BCUT2D eigenvalue weighted by Gasteiger charge is -2.41. The maximum absolute atomic E-state index is 6.31. The fourth-order valence-electron chi connectivity index (χ4n) is 3.03. The van der Waals surface area contributed by atoms with Crippen LogP contribution in [0.25, 0.3) is 0 Å². The summed E-state index contributed by atoms with van der Waals surface area (Å²) in [6.07, 6.45) is 3.62. The lowest BCUT2D eigenvalue weighted by Crippen LogP contribution is -2.50. The predicted octanol–water partition coefficient (Wildman–Crippen LogP) is 2.49. The Labute approximate surface area is 123 Å². The van der Waals surface area contributed by atoms with Gasteiger partial charge in [0.25, 0.3) is 0 Å². The molecule has 0 aromatic heterocycles. The van der Waals surface area contributed by atoms with Gasteiger partial charge in [0.15, 0.2) is 0 Å². The van der Waals surface area contributed by atoms with E-state index in [-0.39, 0.29) is 0 Å². The SMILES string of the molecule is CCCCC(N)CN1CCN(C)CC1c1ccccc1. The first kappa shape index (κ1) is 15.5. The molecular formula is C17H29N3. The Morgan fingerprint density at radius 1 is 1.25 bits per heavy atom. The van der Waals surface area contributed by atoms with Crippen LogP contribution < -0.4 is 5.73 Å².